The largest absolute Gasteiger partial charge is 0.497 e. The summed E-state index contributed by atoms with van der Waals surface area (Å²) in [5.41, 5.74) is 2.54. The van der Waals surface area contributed by atoms with Crippen molar-refractivity contribution >= 4 is 12.2 Å². The lowest BCUT2D eigenvalue weighted by atomic mass is 9.85. The first-order valence-electron chi connectivity index (χ1n) is 10.8. The van der Waals surface area contributed by atoms with E-state index in [1.165, 1.54) is 0 Å². The summed E-state index contributed by atoms with van der Waals surface area (Å²) in [7, 11) is 1.65. The maximum atomic E-state index is 12.8. The zero-order valence-corrected chi connectivity index (χ0v) is 19.2. The van der Waals surface area contributed by atoms with Gasteiger partial charge in [0.15, 0.2) is 0 Å². The minimum atomic E-state index is -0.535. The van der Waals surface area contributed by atoms with Gasteiger partial charge in [0.1, 0.15) is 11.4 Å². The van der Waals surface area contributed by atoms with Gasteiger partial charge >= 0.3 is 5.97 Å². The van der Waals surface area contributed by atoms with Gasteiger partial charge in [0.05, 0.1) is 19.6 Å². The van der Waals surface area contributed by atoms with Gasteiger partial charge in [-0.2, -0.15) is 0 Å². The predicted molar refractivity (Wildman–Crippen MR) is 129 cm³/mol. The second kappa shape index (κ2) is 10.8. The summed E-state index contributed by atoms with van der Waals surface area (Å²) in [6.07, 6.45) is 2.10. The first kappa shape index (κ1) is 23.3. The van der Waals surface area contributed by atoms with Crippen LogP contribution < -0.4 is 4.74 Å². The lowest BCUT2D eigenvalue weighted by molar-refractivity contribution is -0.155. The molecule has 0 aromatic heterocycles. The summed E-state index contributed by atoms with van der Waals surface area (Å²) in [4.78, 5) is 17.8. The Balaban J connectivity index is 1.98. The summed E-state index contributed by atoms with van der Waals surface area (Å²) >= 11 is 0. The zero-order valence-electron chi connectivity index (χ0n) is 19.2. The van der Waals surface area contributed by atoms with Gasteiger partial charge in [-0.3, -0.25) is 9.79 Å². The van der Waals surface area contributed by atoms with E-state index in [0.717, 1.165) is 22.4 Å². The highest BCUT2D eigenvalue weighted by molar-refractivity contribution is 5.80. The number of ether oxygens (including phenoxy) is 2. The van der Waals surface area contributed by atoms with Gasteiger partial charge in [0.25, 0.3) is 0 Å². The molecule has 0 aliphatic heterocycles. The van der Waals surface area contributed by atoms with E-state index in [-0.39, 0.29) is 24.3 Å². The molecule has 4 nitrogen and oxygen atoms in total. The van der Waals surface area contributed by atoms with Crippen molar-refractivity contribution in [3.05, 3.63) is 102 Å². The van der Waals surface area contributed by atoms with E-state index in [1.54, 1.807) is 7.11 Å². The van der Waals surface area contributed by atoms with Gasteiger partial charge in [0.2, 0.25) is 0 Å². The maximum Gasteiger partial charge on any atom is 0.307 e. The number of hydrogen-bond donors (Lipinski definition) is 0. The first-order chi connectivity index (χ1) is 15.4. The van der Waals surface area contributed by atoms with E-state index in [4.69, 9.17) is 14.5 Å². The Morgan fingerprint density at radius 1 is 0.875 bits per heavy atom. The molecule has 0 fully saturated rings. The van der Waals surface area contributed by atoms with E-state index in [2.05, 4.69) is 12.1 Å². The van der Waals surface area contributed by atoms with E-state index < -0.39 is 5.60 Å². The van der Waals surface area contributed by atoms with Gasteiger partial charge in [-0.1, -0.05) is 60.7 Å². The Hall–Kier alpha value is -3.40. The normalized spacial score (nSPS) is 13.5. The van der Waals surface area contributed by atoms with Crippen molar-refractivity contribution in [2.75, 3.05) is 7.11 Å². The Morgan fingerprint density at radius 3 is 1.97 bits per heavy atom. The fourth-order valence-corrected chi connectivity index (χ4v) is 3.60. The molecule has 0 bridgehead atoms. The number of benzene rings is 3. The molecule has 0 heterocycles. The Morgan fingerprint density at radius 2 is 1.44 bits per heavy atom. The predicted octanol–water partition coefficient (Wildman–Crippen LogP) is 6.37. The molecule has 3 rings (SSSR count). The number of methoxy groups -OCH3 is 1. The molecule has 0 radical (unpaired) electrons. The number of carbonyl (C=O) groups excluding carboxylic acids is 1. The second-order valence-corrected chi connectivity index (χ2v) is 8.71. The monoisotopic (exact) mass is 429 g/mol. The lowest BCUT2D eigenvalue weighted by Gasteiger charge is -2.27. The third-order valence-corrected chi connectivity index (χ3v) is 5.06. The van der Waals surface area contributed by atoms with Crippen molar-refractivity contribution in [2.24, 2.45) is 4.99 Å². The quantitative estimate of drug-likeness (QED) is 0.309. The maximum absolute atomic E-state index is 12.8. The average molecular weight is 430 g/mol. The third kappa shape index (κ3) is 6.81. The smallest absolute Gasteiger partial charge is 0.307 e. The molecule has 0 unspecified atom stereocenters. The van der Waals surface area contributed by atoms with Crippen molar-refractivity contribution in [3.63, 3.8) is 0 Å². The molecule has 0 aliphatic rings. The number of hydrogen-bond acceptors (Lipinski definition) is 4. The molecular weight excluding hydrogens is 398 g/mol. The molecule has 32 heavy (non-hydrogen) atoms. The topological polar surface area (TPSA) is 47.9 Å². The van der Waals surface area contributed by atoms with Crippen LogP contribution in [0.1, 0.15) is 55.8 Å². The van der Waals surface area contributed by atoms with Crippen LogP contribution in [-0.2, 0) is 9.53 Å². The Kier molecular flexibility index (Phi) is 7.82. The molecule has 4 heteroatoms. The standard InChI is InChI=1S/C28H31NO3/c1-28(2,3)32-26(30)19-25(22-11-7-5-8-12-22)27(23-13-9-6-10-14-23)29-20-21-15-17-24(31-4)18-16-21/h5-18,20,25,27H,19H2,1-4H3/t25-,27+/m1/s1. The van der Waals surface area contributed by atoms with Crippen molar-refractivity contribution in [1.82, 2.24) is 0 Å². The lowest BCUT2D eigenvalue weighted by Crippen LogP contribution is -2.26. The number of rotatable bonds is 8. The van der Waals surface area contributed by atoms with Crippen LogP contribution in [0.4, 0.5) is 0 Å². The van der Waals surface area contributed by atoms with Gasteiger partial charge in [0, 0.05) is 12.1 Å². The average Bonchev–Trinajstić information content (AvgIpc) is 2.79. The summed E-state index contributed by atoms with van der Waals surface area (Å²) in [6.45, 7) is 5.66. The van der Waals surface area contributed by atoms with Crippen LogP contribution in [0, 0.1) is 0 Å². The van der Waals surface area contributed by atoms with Gasteiger partial charge in [-0.15, -0.1) is 0 Å². The van der Waals surface area contributed by atoms with Crippen molar-refractivity contribution < 1.29 is 14.3 Å². The van der Waals surface area contributed by atoms with Crippen LogP contribution in [0.2, 0.25) is 0 Å². The number of carbonyl (C=O) groups is 1. The zero-order chi connectivity index (χ0) is 23.0. The van der Waals surface area contributed by atoms with E-state index >= 15 is 0 Å². The number of nitrogens with zero attached hydrogens (tertiary/aromatic N) is 1. The van der Waals surface area contributed by atoms with Crippen LogP contribution in [0.3, 0.4) is 0 Å². The fraction of sp³-hybridized carbons (Fsp3) is 0.286. The summed E-state index contributed by atoms with van der Waals surface area (Å²) in [5.74, 6) is 0.406. The Bertz CT molecular complexity index is 1010. The summed E-state index contributed by atoms with van der Waals surface area (Å²) in [5, 5.41) is 0. The number of esters is 1. The van der Waals surface area contributed by atoms with Crippen LogP contribution in [0.15, 0.2) is 89.9 Å². The molecule has 0 amide bonds. The minimum Gasteiger partial charge on any atom is -0.497 e. The van der Waals surface area contributed by atoms with Crippen LogP contribution >= 0.6 is 0 Å². The van der Waals surface area contributed by atoms with E-state index in [1.807, 2.05) is 99.8 Å². The summed E-state index contributed by atoms with van der Waals surface area (Å²) in [6, 6.07) is 27.7. The molecule has 0 aliphatic carbocycles. The highest BCUT2D eigenvalue weighted by Crippen LogP contribution is 2.37. The minimum absolute atomic E-state index is 0.164. The SMILES string of the molecule is COc1ccc(C=N[C@@H](c2ccccc2)[C@H](CC(=O)OC(C)(C)C)c2ccccc2)cc1. The molecule has 0 saturated carbocycles. The molecule has 166 valence electrons. The molecule has 3 aromatic rings. The highest BCUT2D eigenvalue weighted by atomic mass is 16.6. The van der Waals surface area contributed by atoms with Crippen LogP contribution in [0.5, 0.6) is 5.75 Å². The number of aliphatic imine (C=N–C) groups is 1. The molecule has 0 N–H and O–H groups in total. The van der Waals surface area contributed by atoms with E-state index in [9.17, 15) is 4.79 Å². The molecule has 3 aromatic carbocycles. The van der Waals surface area contributed by atoms with Gasteiger partial charge < -0.3 is 9.47 Å². The fourth-order valence-electron chi connectivity index (χ4n) is 3.60. The van der Waals surface area contributed by atoms with Crippen molar-refractivity contribution in [1.29, 1.82) is 0 Å². The van der Waals surface area contributed by atoms with E-state index in [0.29, 0.717) is 0 Å². The first-order valence-corrected chi connectivity index (χ1v) is 10.8. The molecule has 2 atom stereocenters. The molecular formula is C28H31NO3. The van der Waals surface area contributed by atoms with Crippen molar-refractivity contribution in [3.8, 4) is 5.75 Å². The highest BCUT2D eigenvalue weighted by Gasteiger charge is 2.29. The van der Waals surface area contributed by atoms with Gasteiger partial charge in [-0.25, -0.2) is 0 Å². The van der Waals surface area contributed by atoms with Crippen LogP contribution in [-0.4, -0.2) is 24.9 Å². The third-order valence-electron chi connectivity index (χ3n) is 5.06. The Labute approximate surface area is 190 Å². The molecule has 0 spiro atoms. The van der Waals surface area contributed by atoms with Crippen LogP contribution in [0.25, 0.3) is 0 Å². The van der Waals surface area contributed by atoms with Crippen molar-refractivity contribution in [2.45, 2.75) is 44.8 Å². The summed E-state index contributed by atoms with van der Waals surface area (Å²) < 4.78 is 10.9. The second-order valence-electron chi connectivity index (χ2n) is 8.71. The molecule has 0 saturated heterocycles. The van der Waals surface area contributed by atoms with Gasteiger partial charge in [-0.05, 0) is 61.7 Å².